The zero-order valence-electron chi connectivity index (χ0n) is 8.90. The van der Waals surface area contributed by atoms with E-state index >= 15 is 0 Å². The van der Waals surface area contributed by atoms with Crippen LogP contribution in [-0.4, -0.2) is 31.3 Å². The highest BCUT2D eigenvalue weighted by Crippen LogP contribution is 2.16. The van der Waals surface area contributed by atoms with Gasteiger partial charge in [0.1, 0.15) is 11.6 Å². The molecular weight excluding hydrogens is 192 g/mol. The molecule has 0 radical (unpaired) electrons. The first-order chi connectivity index (χ1) is 7.38. The molecule has 1 fully saturated rings. The van der Waals surface area contributed by atoms with E-state index in [0.717, 1.165) is 37.6 Å². The molecule has 1 saturated heterocycles. The van der Waals surface area contributed by atoms with Crippen LogP contribution in [0.5, 0.6) is 5.75 Å². The molecular formula is C11H16N2O2. The summed E-state index contributed by atoms with van der Waals surface area (Å²) in [4.78, 5) is 4.23. The highest BCUT2D eigenvalue weighted by Gasteiger charge is 2.13. The van der Waals surface area contributed by atoms with Gasteiger partial charge >= 0.3 is 0 Å². The van der Waals surface area contributed by atoms with E-state index in [-0.39, 0.29) is 0 Å². The molecule has 1 unspecified atom stereocenters. The highest BCUT2D eigenvalue weighted by molar-refractivity contribution is 5.41. The minimum atomic E-state index is 0.373. The Morgan fingerprint density at radius 2 is 2.53 bits per heavy atom. The zero-order chi connectivity index (χ0) is 10.5. The van der Waals surface area contributed by atoms with Gasteiger partial charge in [0.15, 0.2) is 0 Å². The summed E-state index contributed by atoms with van der Waals surface area (Å²) in [5.41, 5.74) is 0. The number of rotatable bonds is 3. The van der Waals surface area contributed by atoms with E-state index in [1.54, 1.807) is 13.3 Å². The molecule has 1 N–H and O–H groups in total. The lowest BCUT2D eigenvalue weighted by Crippen LogP contribution is -2.30. The maximum absolute atomic E-state index is 5.39. The summed E-state index contributed by atoms with van der Waals surface area (Å²) in [6.07, 6.45) is 3.99. The van der Waals surface area contributed by atoms with Gasteiger partial charge in [-0.15, -0.1) is 0 Å². The van der Waals surface area contributed by atoms with Crippen LogP contribution in [0.15, 0.2) is 18.3 Å². The number of anilines is 1. The van der Waals surface area contributed by atoms with Crippen LogP contribution >= 0.6 is 0 Å². The number of hydrogen-bond acceptors (Lipinski definition) is 4. The Hall–Kier alpha value is -1.29. The molecule has 82 valence electrons. The second-order valence-corrected chi connectivity index (χ2v) is 3.64. The fourth-order valence-corrected chi connectivity index (χ4v) is 1.68. The molecule has 0 aliphatic carbocycles. The van der Waals surface area contributed by atoms with Crippen LogP contribution in [0.4, 0.5) is 5.82 Å². The summed E-state index contributed by atoms with van der Waals surface area (Å²) in [7, 11) is 1.66. The number of ether oxygens (including phenoxy) is 2. The molecule has 1 aromatic heterocycles. The van der Waals surface area contributed by atoms with Crippen LogP contribution in [0.25, 0.3) is 0 Å². The predicted molar refractivity (Wildman–Crippen MR) is 58.3 cm³/mol. The largest absolute Gasteiger partial charge is 0.497 e. The Balaban J connectivity index is 1.96. The molecule has 1 aliphatic heterocycles. The summed E-state index contributed by atoms with van der Waals surface area (Å²) in [5.74, 6) is 1.68. The van der Waals surface area contributed by atoms with E-state index in [4.69, 9.17) is 9.47 Å². The lowest BCUT2D eigenvalue weighted by atomic mass is 10.1. The first-order valence-corrected chi connectivity index (χ1v) is 5.23. The van der Waals surface area contributed by atoms with Crippen molar-refractivity contribution in [3.8, 4) is 5.75 Å². The molecule has 0 amide bonds. The fourth-order valence-electron chi connectivity index (χ4n) is 1.68. The molecule has 2 heterocycles. The SMILES string of the molecule is COc1ccnc(NC2CCCOC2)c1. The maximum Gasteiger partial charge on any atom is 0.129 e. The van der Waals surface area contributed by atoms with Gasteiger partial charge in [0.25, 0.3) is 0 Å². The second kappa shape index (κ2) is 4.98. The van der Waals surface area contributed by atoms with Gasteiger partial charge in [0, 0.05) is 18.9 Å². The molecule has 1 atom stereocenters. The van der Waals surface area contributed by atoms with Gasteiger partial charge in [-0.05, 0) is 18.9 Å². The van der Waals surface area contributed by atoms with Crippen LogP contribution in [0.3, 0.4) is 0 Å². The first-order valence-electron chi connectivity index (χ1n) is 5.23. The van der Waals surface area contributed by atoms with Gasteiger partial charge in [-0.3, -0.25) is 0 Å². The molecule has 0 bridgehead atoms. The van der Waals surface area contributed by atoms with Crippen LogP contribution < -0.4 is 10.1 Å². The second-order valence-electron chi connectivity index (χ2n) is 3.64. The topological polar surface area (TPSA) is 43.4 Å². The van der Waals surface area contributed by atoms with Crippen molar-refractivity contribution in [2.24, 2.45) is 0 Å². The van der Waals surface area contributed by atoms with Crippen molar-refractivity contribution in [1.29, 1.82) is 0 Å². The van der Waals surface area contributed by atoms with E-state index in [9.17, 15) is 0 Å². The van der Waals surface area contributed by atoms with Crippen molar-refractivity contribution >= 4 is 5.82 Å². The van der Waals surface area contributed by atoms with E-state index < -0.39 is 0 Å². The Bertz CT molecular complexity index is 311. The van der Waals surface area contributed by atoms with E-state index in [1.165, 1.54) is 0 Å². The minimum Gasteiger partial charge on any atom is -0.497 e. The van der Waals surface area contributed by atoms with Gasteiger partial charge in [-0.1, -0.05) is 0 Å². The highest BCUT2D eigenvalue weighted by atomic mass is 16.5. The normalized spacial score (nSPS) is 21.0. The molecule has 0 saturated carbocycles. The summed E-state index contributed by atoms with van der Waals surface area (Å²) >= 11 is 0. The van der Waals surface area contributed by atoms with Crippen molar-refractivity contribution < 1.29 is 9.47 Å². The van der Waals surface area contributed by atoms with E-state index in [1.807, 2.05) is 12.1 Å². The van der Waals surface area contributed by atoms with Crippen LogP contribution in [-0.2, 0) is 4.74 Å². The number of aromatic nitrogens is 1. The average molecular weight is 208 g/mol. The number of nitrogens with zero attached hydrogens (tertiary/aromatic N) is 1. The Morgan fingerprint density at radius 3 is 3.27 bits per heavy atom. The zero-order valence-corrected chi connectivity index (χ0v) is 8.90. The van der Waals surface area contributed by atoms with Crippen molar-refractivity contribution in [2.45, 2.75) is 18.9 Å². The molecule has 4 heteroatoms. The standard InChI is InChI=1S/C11H16N2O2/c1-14-10-4-5-12-11(7-10)13-9-3-2-6-15-8-9/h4-5,7,9H,2-3,6,8H2,1H3,(H,12,13). The fraction of sp³-hybridized carbons (Fsp3) is 0.545. The predicted octanol–water partition coefficient (Wildman–Crippen LogP) is 1.68. The number of hydrogen-bond donors (Lipinski definition) is 1. The maximum atomic E-state index is 5.39. The van der Waals surface area contributed by atoms with Gasteiger partial charge in [-0.2, -0.15) is 0 Å². The van der Waals surface area contributed by atoms with Crippen molar-refractivity contribution in [3.05, 3.63) is 18.3 Å². The van der Waals surface area contributed by atoms with Crippen LogP contribution in [0, 0.1) is 0 Å². The van der Waals surface area contributed by atoms with Gasteiger partial charge in [0.2, 0.25) is 0 Å². The molecule has 4 nitrogen and oxygen atoms in total. The first kappa shape index (κ1) is 10.2. The minimum absolute atomic E-state index is 0.373. The van der Waals surface area contributed by atoms with Crippen molar-refractivity contribution in [1.82, 2.24) is 4.98 Å². The third kappa shape index (κ3) is 2.83. The lowest BCUT2D eigenvalue weighted by Gasteiger charge is -2.23. The summed E-state index contributed by atoms with van der Waals surface area (Å²) in [6, 6.07) is 4.11. The molecule has 15 heavy (non-hydrogen) atoms. The third-order valence-electron chi connectivity index (χ3n) is 2.48. The molecule has 2 rings (SSSR count). The molecule has 0 aromatic carbocycles. The van der Waals surface area contributed by atoms with Crippen molar-refractivity contribution in [2.75, 3.05) is 25.6 Å². The van der Waals surface area contributed by atoms with Gasteiger partial charge < -0.3 is 14.8 Å². The Morgan fingerprint density at radius 1 is 1.60 bits per heavy atom. The Kier molecular flexibility index (Phi) is 3.40. The van der Waals surface area contributed by atoms with Crippen LogP contribution in [0.2, 0.25) is 0 Å². The van der Waals surface area contributed by atoms with Gasteiger partial charge in [-0.25, -0.2) is 4.98 Å². The average Bonchev–Trinajstić information content (AvgIpc) is 2.31. The quantitative estimate of drug-likeness (QED) is 0.820. The molecule has 0 spiro atoms. The Labute approximate surface area is 89.6 Å². The summed E-state index contributed by atoms with van der Waals surface area (Å²) < 4.78 is 10.5. The monoisotopic (exact) mass is 208 g/mol. The number of methoxy groups -OCH3 is 1. The summed E-state index contributed by atoms with van der Waals surface area (Å²) in [6.45, 7) is 1.64. The van der Waals surface area contributed by atoms with Crippen LogP contribution in [0.1, 0.15) is 12.8 Å². The summed E-state index contributed by atoms with van der Waals surface area (Å²) in [5, 5.41) is 3.34. The third-order valence-corrected chi connectivity index (χ3v) is 2.48. The molecule has 1 aromatic rings. The van der Waals surface area contributed by atoms with Crippen molar-refractivity contribution in [3.63, 3.8) is 0 Å². The number of nitrogens with one attached hydrogen (secondary N) is 1. The van der Waals surface area contributed by atoms with E-state index in [0.29, 0.717) is 6.04 Å². The molecule has 1 aliphatic rings. The smallest absolute Gasteiger partial charge is 0.129 e. The number of pyridine rings is 1. The van der Waals surface area contributed by atoms with Gasteiger partial charge in [0.05, 0.1) is 19.8 Å². The lowest BCUT2D eigenvalue weighted by molar-refractivity contribution is 0.0875. The van der Waals surface area contributed by atoms with E-state index in [2.05, 4.69) is 10.3 Å².